The second-order valence-corrected chi connectivity index (χ2v) is 3.47. The normalized spacial score (nSPS) is 34.6. The highest BCUT2D eigenvalue weighted by molar-refractivity contribution is 4.86. The molecule has 1 aromatic rings. The second-order valence-electron chi connectivity index (χ2n) is 3.47. The third kappa shape index (κ3) is 1.63. The van der Waals surface area contributed by atoms with Gasteiger partial charge < -0.3 is 14.9 Å². The van der Waals surface area contributed by atoms with Gasteiger partial charge in [0.15, 0.2) is 6.29 Å². The molecule has 2 N–H and O–H groups in total. The quantitative estimate of drug-likeness (QED) is 0.658. The van der Waals surface area contributed by atoms with Crippen molar-refractivity contribution in [3.05, 3.63) is 12.7 Å². The van der Waals surface area contributed by atoms with E-state index in [-0.39, 0.29) is 6.04 Å². The molecule has 2 heterocycles. The SMILES string of the molecule is CC(O)C1OC(O)CC1n1cncn1. The van der Waals surface area contributed by atoms with E-state index in [0.717, 1.165) is 0 Å². The summed E-state index contributed by atoms with van der Waals surface area (Å²) in [5, 5.41) is 22.7. The van der Waals surface area contributed by atoms with Crippen LogP contribution in [0.25, 0.3) is 0 Å². The van der Waals surface area contributed by atoms with E-state index >= 15 is 0 Å². The maximum atomic E-state index is 9.44. The summed E-state index contributed by atoms with van der Waals surface area (Å²) in [6.45, 7) is 1.63. The summed E-state index contributed by atoms with van der Waals surface area (Å²) >= 11 is 0. The molecule has 2 rings (SSSR count). The lowest BCUT2D eigenvalue weighted by molar-refractivity contribution is -0.120. The third-order valence-corrected chi connectivity index (χ3v) is 2.39. The molecule has 1 aromatic heterocycles. The Morgan fingerprint density at radius 2 is 2.43 bits per heavy atom. The van der Waals surface area contributed by atoms with E-state index in [1.54, 1.807) is 17.9 Å². The summed E-state index contributed by atoms with van der Waals surface area (Å²) in [7, 11) is 0. The van der Waals surface area contributed by atoms with Crippen molar-refractivity contribution in [2.75, 3.05) is 0 Å². The zero-order valence-corrected chi connectivity index (χ0v) is 7.82. The standard InChI is InChI=1S/C8H13N3O3/c1-5(12)8-6(2-7(13)14-8)11-4-9-3-10-11/h3-8,12-13H,2H2,1H3. The Labute approximate surface area is 81.1 Å². The number of aromatic nitrogens is 3. The van der Waals surface area contributed by atoms with Crippen LogP contribution in [0, 0.1) is 0 Å². The predicted molar refractivity (Wildman–Crippen MR) is 46.2 cm³/mol. The van der Waals surface area contributed by atoms with Crippen LogP contribution in [0.1, 0.15) is 19.4 Å². The molecule has 4 atom stereocenters. The molecule has 0 radical (unpaired) electrons. The first kappa shape index (κ1) is 9.57. The maximum absolute atomic E-state index is 9.44. The van der Waals surface area contributed by atoms with Gasteiger partial charge in [0.25, 0.3) is 0 Å². The first-order chi connectivity index (χ1) is 6.68. The molecule has 0 bridgehead atoms. The van der Waals surface area contributed by atoms with Crippen molar-refractivity contribution in [2.24, 2.45) is 0 Å². The van der Waals surface area contributed by atoms with Crippen LogP contribution in [0.4, 0.5) is 0 Å². The van der Waals surface area contributed by atoms with Crippen molar-refractivity contribution < 1.29 is 14.9 Å². The van der Waals surface area contributed by atoms with Crippen LogP contribution >= 0.6 is 0 Å². The molecule has 0 aromatic carbocycles. The van der Waals surface area contributed by atoms with Crippen LogP contribution in [-0.2, 0) is 4.74 Å². The van der Waals surface area contributed by atoms with Crippen LogP contribution in [0.15, 0.2) is 12.7 Å². The monoisotopic (exact) mass is 199 g/mol. The molecule has 1 fully saturated rings. The number of aliphatic hydroxyl groups is 2. The van der Waals surface area contributed by atoms with Crippen molar-refractivity contribution >= 4 is 0 Å². The highest BCUT2D eigenvalue weighted by Gasteiger charge is 2.38. The van der Waals surface area contributed by atoms with Gasteiger partial charge in [0.2, 0.25) is 0 Å². The molecule has 6 heteroatoms. The fraction of sp³-hybridized carbons (Fsp3) is 0.750. The second kappa shape index (κ2) is 3.64. The van der Waals surface area contributed by atoms with Gasteiger partial charge in [0.1, 0.15) is 18.8 Å². The van der Waals surface area contributed by atoms with E-state index in [2.05, 4.69) is 10.1 Å². The highest BCUT2D eigenvalue weighted by Crippen LogP contribution is 2.30. The minimum absolute atomic E-state index is 0.146. The molecule has 0 saturated carbocycles. The van der Waals surface area contributed by atoms with E-state index < -0.39 is 18.5 Å². The predicted octanol–water partition coefficient (Wildman–Crippen LogP) is -0.693. The van der Waals surface area contributed by atoms with Crippen molar-refractivity contribution in [3.8, 4) is 0 Å². The summed E-state index contributed by atoms with van der Waals surface area (Å²) in [6.07, 6.45) is 1.52. The minimum atomic E-state index is -0.830. The molecule has 1 aliphatic heterocycles. The number of hydrogen-bond acceptors (Lipinski definition) is 5. The van der Waals surface area contributed by atoms with Gasteiger partial charge in [-0.15, -0.1) is 0 Å². The third-order valence-electron chi connectivity index (χ3n) is 2.39. The van der Waals surface area contributed by atoms with Gasteiger partial charge in [-0.25, -0.2) is 9.67 Å². The fourth-order valence-corrected chi connectivity index (χ4v) is 1.75. The molecule has 0 aliphatic carbocycles. The Kier molecular flexibility index (Phi) is 2.49. The summed E-state index contributed by atoms with van der Waals surface area (Å²) in [6, 6.07) is -0.146. The van der Waals surface area contributed by atoms with Crippen molar-refractivity contribution in [2.45, 2.75) is 37.9 Å². The summed E-state index contributed by atoms with van der Waals surface area (Å²) in [5.41, 5.74) is 0. The number of aliphatic hydroxyl groups excluding tert-OH is 2. The number of rotatable bonds is 2. The Morgan fingerprint density at radius 3 is 3.00 bits per heavy atom. The lowest BCUT2D eigenvalue weighted by Gasteiger charge is -2.20. The van der Waals surface area contributed by atoms with Crippen LogP contribution in [0.3, 0.4) is 0 Å². The number of nitrogens with zero attached hydrogens (tertiary/aromatic N) is 3. The van der Waals surface area contributed by atoms with Crippen LogP contribution < -0.4 is 0 Å². The maximum Gasteiger partial charge on any atom is 0.157 e. The number of ether oxygens (including phenoxy) is 1. The average Bonchev–Trinajstić information content (AvgIpc) is 2.70. The van der Waals surface area contributed by atoms with E-state index in [9.17, 15) is 10.2 Å². The molecule has 0 spiro atoms. The molecular formula is C8H13N3O3. The zero-order valence-electron chi connectivity index (χ0n) is 7.82. The highest BCUT2D eigenvalue weighted by atomic mass is 16.6. The lowest BCUT2D eigenvalue weighted by atomic mass is 10.1. The van der Waals surface area contributed by atoms with Crippen LogP contribution in [0.5, 0.6) is 0 Å². The van der Waals surface area contributed by atoms with Crippen LogP contribution in [0.2, 0.25) is 0 Å². The molecule has 78 valence electrons. The molecule has 0 amide bonds. The first-order valence-corrected chi connectivity index (χ1v) is 4.54. The van der Waals surface area contributed by atoms with E-state index in [4.69, 9.17) is 4.74 Å². The average molecular weight is 199 g/mol. The van der Waals surface area contributed by atoms with Crippen molar-refractivity contribution in [3.63, 3.8) is 0 Å². The Morgan fingerprint density at radius 1 is 1.64 bits per heavy atom. The molecule has 14 heavy (non-hydrogen) atoms. The Bertz CT molecular complexity index is 288. The lowest BCUT2D eigenvalue weighted by Crippen LogP contribution is -2.31. The number of hydrogen-bond donors (Lipinski definition) is 2. The van der Waals surface area contributed by atoms with Gasteiger partial charge in [0.05, 0.1) is 12.1 Å². The van der Waals surface area contributed by atoms with E-state index in [0.29, 0.717) is 6.42 Å². The van der Waals surface area contributed by atoms with E-state index in [1.807, 2.05) is 0 Å². The van der Waals surface area contributed by atoms with Crippen molar-refractivity contribution in [1.82, 2.24) is 14.8 Å². The summed E-state index contributed by atoms with van der Waals surface area (Å²) in [4.78, 5) is 3.82. The molecule has 4 unspecified atom stereocenters. The molecule has 6 nitrogen and oxygen atoms in total. The molecular weight excluding hydrogens is 186 g/mol. The smallest absolute Gasteiger partial charge is 0.157 e. The molecule has 1 aliphatic rings. The zero-order chi connectivity index (χ0) is 10.1. The van der Waals surface area contributed by atoms with Gasteiger partial charge >= 0.3 is 0 Å². The first-order valence-electron chi connectivity index (χ1n) is 4.54. The van der Waals surface area contributed by atoms with Gasteiger partial charge in [-0.1, -0.05) is 0 Å². The van der Waals surface area contributed by atoms with E-state index in [1.165, 1.54) is 6.33 Å². The largest absolute Gasteiger partial charge is 0.391 e. The molecule has 1 saturated heterocycles. The van der Waals surface area contributed by atoms with Crippen molar-refractivity contribution in [1.29, 1.82) is 0 Å². The van der Waals surface area contributed by atoms with Gasteiger partial charge in [-0.05, 0) is 6.92 Å². The van der Waals surface area contributed by atoms with Gasteiger partial charge in [-0.3, -0.25) is 0 Å². The summed E-state index contributed by atoms with van der Waals surface area (Å²) < 4.78 is 6.78. The Hall–Kier alpha value is -0.980. The van der Waals surface area contributed by atoms with Gasteiger partial charge in [-0.2, -0.15) is 5.10 Å². The Balaban J connectivity index is 2.17. The topological polar surface area (TPSA) is 80.4 Å². The van der Waals surface area contributed by atoms with Gasteiger partial charge in [0, 0.05) is 6.42 Å². The fourth-order valence-electron chi connectivity index (χ4n) is 1.75. The minimum Gasteiger partial charge on any atom is -0.391 e. The van der Waals surface area contributed by atoms with Crippen LogP contribution in [-0.4, -0.2) is 43.5 Å². The summed E-state index contributed by atoms with van der Waals surface area (Å²) in [5.74, 6) is 0.